The van der Waals surface area contributed by atoms with Gasteiger partial charge in [-0.1, -0.05) is 43.3 Å². The second kappa shape index (κ2) is 8.98. The lowest BCUT2D eigenvalue weighted by molar-refractivity contribution is -0.147. The first-order valence-electron chi connectivity index (χ1n) is 7.42. The van der Waals surface area contributed by atoms with Crippen molar-refractivity contribution in [2.75, 3.05) is 0 Å². The molecule has 0 spiro atoms. The van der Waals surface area contributed by atoms with E-state index in [4.69, 9.17) is 9.05 Å². The molecule has 0 aliphatic heterocycles. The number of para-hydroxylation sites is 2. The third-order valence-corrected chi connectivity index (χ3v) is 5.60. The van der Waals surface area contributed by atoms with Gasteiger partial charge in [0.05, 0.1) is 0 Å². The number of rotatable bonds is 9. The molecule has 140 valence electrons. The first kappa shape index (κ1) is 20.2. The second-order valence-electron chi connectivity index (χ2n) is 4.78. The summed E-state index contributed by atoms with van der Waals surface area (Å²) in [5.41, 5.74) is 0. The van der Waals surface area contributed by atoms with Gasteiger partial charge < -0.3 is 13.9 Å². The van der Waals surface area contributed by atoms with E-state index in [2.05, 4.69) is 9.15 Å². The average molecular weight is 401 g/mol. The lowest BCUT2D eigenvalue weighted by Crippen LogP contribution is -2.21. The van der Waals surface area contributed by atoms with Crippen molar-refractivity contribution in [3.63, 3.8) is 0 Å². The van der Waals surface area contributed by atoms with E-state index in [0.717, 1.165) is 0 Å². The summed E-state index contributed by atoms with van der Waals surface area (Å²) in [6, 6.07) is 15.3. The molecule has 2 unspecified atom stereocenters. The van der Waals surface area contributed by atoms with Crippen LogP contribution < -0.4 is 14.3 Å². The molecular weight excluding hydrogens is 384 g/mol. The summed E-state index contributed by atoms with van der Waals surface area (Å²) in [4.78, 5) is 25.7. The number of hydrogen-bond acceptors (Lipinski definition) is 7. The minimum absolute atomic E-state index is 0.00940. The van der Waals surface area contributed by atoms with E-state index in [1.807, 2.05) is 0 Å². The van der Waals surface area contributed by atoms with Crippen molar-refractivity contribution in [2.45, 2.75) is 13.3 Å². The van der Waals surface area contributed by atoms with E-state index in [1.165, 1.54) is 31.2 Å². The molecule has 0 heterocycles. The van der Waals surface area contributed by atoms with Crippen molar-refractivity contribution >= 4 is 21.5 Å². The minimum Gasteiger partial charge on any atom is -0.411 e. The zero-order chi connectivity index (χ0) is 19.0. The predicted molar refractivity (Wildman–Crippen MR) is 92.2 cm³/mol. The number of phosphoric ester groups is 1. The molecule has 0 saturated carbocycles. The molecule has 2 aromatic rings. The van der Waals surface area contributed by atoms with Crippen LogP contribution in [0.2, 0.25) is 0 Å². The van der Waals surface area contributed by atoms with Crippen molar-refractivity contribution in [3.05, 3.63) is 60.7 Å². The Morgan fingerprint density at radius 3 is 1.96 bits per heavy atom. The Labute approximate surface area is 150 Å². The number of nitrogens with one attached hydrogen (secondary N) is 1. The molecule has 26 heavy (non-hydrogen) atoms. The van der Waals surface area contributed by atoms with Crippen molar-refractivity contribution in [1.82, 2.24) is 5.25 Å². The van der Waals surface area contributed by atoms with Crippen LogP contribution in [0.15, 0.2) is 60.7 Å². The van der Waals surface area contributed by atoms with Crippen LogP contribution in [0.5, 0.6) is 11.5 Å². The van der Waals surface area contributed by atoms with Gasteiger partial charge in [0.15, 0.2) is 0 Å². The van der Waals surface area contributed by atoms with Gasteiger partial charge in [0.2, 0.25) is 0 Å². The highest BCUT2D eigenvalue weighted by Crippen LogP contribution is 2.59. The van der Waals surface area contributed by atoms with Gasteiger partial charge in [-0.15, -0.1) is 0 Å². The molecule has 0 amide bonds. The third-order valence-electron chi connectivity index (χ3n) is 2.70. The van der Waals surface area contributed by atoms with E-state index >= 15 is 0 Å². The molecule has 0 radical (unpaired) electrons. The Morgan fingerprint density at radius 2 is 1.46 bits per heavy atom. The molecular formula is C15H17NO8P2. The Kier molecular flexibility index (Phi) is 6.97. The summed E-state index contributed by atoms with van der Waals surface area (Å²) in [7, 11) is -9.48. The predicted octanol–water partition coefficient (Wildman–Crippen LogP) is 3.83. The van der Waals surface area contributed by atoms with Gasteiger partial charge in [0.25, 0.3) is 0 Å². The molecule has 9 nitrogen and oxygen atoms in total. The summed E-state index contributed by atoms with van der Waals surface area (Å²) in [5, 5.41) is 1.79. The number of benzene rings is 2. The fraction of sp³-hybridized carbons (Fsp3) is 0.133. The Morgan fingerprint density at radius 1 is 0.962 bits per heavy atom. The SMILES string of the molecule is CCC(=O)ONP(=O)(Oc1ccccc1)OP(=O)(O)Oc1ccccc1. The average Bonchev–Trinajstić information content (AvgIpc) is 2.60. The van der Waals surface area contributed by atoms with Gasteiger partial charge in [0.1, 0.15) is 11.5 Å². The fourth-order valence-corrected chi connectivity index (χ4v) is 4.14. The van der Waals surface area contributed by atoms with E-state index < -0.39 is 21.5 Å². The van der Waals surface area contributed by atoms with Crippen LogP contribution in [0.4, 0.5) is 0 Å². The van der Waals surface area contributed by atoms with Crippen LogP contribution in [-0.4, -0.2) is 10.9 Å². The van der Waals surface area contributed by atoms with Crippen molar-refractivity contribution in [3.8, 4) is 11.5 Å². The van der Waals surface area contributed by atoms with Crippen LogP contribution in [0.3, 0.4) is 0 Å². The van der Waals surface area contributed by atoms with Gasteiger partial charge in [0, 0.05) is 6.42 Å². The van der Waals surface area contributed by atoms with Gasteiger partial charge in [-0.3, -0.25) is 9.69 Å². The third kappa shape index (κ3) is 6.63. The second-order valence-corrected chi connectivity index (χ2v) is 7.91. The minimum atomic E-state index is -4.88. The largest absolute Gasteiger partial charge is 0.536 e. The zero-order valence-electron chi connectivity index (χ0n) is 13.7. The topological polar surface area (TPSA) is 120 Å². The van der Waals surface area contributed by atoms with Crippen LogP contribution in [0, 0.1) is 0 Å². The van der Waals surface area contributed by atoms with Gasteiger partial charge >= 0.3 is 21.5 Å². The Bertz CT molecular complexity index is 815. The monoisotopic (exact) mass is 401 g/mol. The summed E-state index contributed by atoms with van der Waals surface area (Å²) >= 11 is 0. The standard InChI is InChI=1S/C15H17NO8P2/c1-2-15(17)21-16-25(18,22-13-9-5-3-6-10-13)24-26(19,20)23-14-11-7-4-8-12-14/h3-12H,2H2,1H3,(H,16,18)(H,19,20). The van der Waals surface area contributed by atoms with Crippen molar-refractivity contribution < 1.29 is 37.0 Å². The molecule has 2 rings (SSSR count). The Balaban J connectivity index is 2.17. The summed E-state index contributed by atoms with van der Waals surface area (Å²) < 4.78 is 39.5. The van der Waals surface area contributed by atoms with E-state index in [-0.39, 0.29) is 17.9 Å². The quantitative estimate of drug-likeness (QED) is 0.477. The molecule has 11 heteroatoms. The highest BCUT2D eigenvalue weighted by molar-refractivity contribution is 7.63. The zero-order valence-corrected chi connectivity index (χ0v) is 15.5. The van der Waals surface area contributed by atoms with Gasteiger partial charge in [-0.25, -0.2) is 9.13 Å². The molecule has 0 aliphatic carbocycles. The number of carbonyl (C=O) groups excluding carboxylic acids is 1. The van der Waals surface area contributed by atoms with E-state index in [1.54, 1.807) is 41.6 Å². The van der Waals surface area contributed by atoms with Crippen LogP contribution in [-0.2, 0) is 23.1 Å². The first-order chi connectivity index (χ1) is 12.3. The van der Waals surface area contributed by atoms with Crippen molar-refractivity contribution in [1.29, 1.82) is 0 Å². The lowest BCUT2D eigenvalue weighted by Gasteiger charge is -2.21. The molecule has 2 atom stereocenters. The number of hydrogen-bond donors (Lipinski definition) is 2. The summed E-state index contributed by atoms with van der Waals surface area (Å²) in [6.07, 6.45) is -0.0321. The maximum absolute atomic E-state index is 12.8. The van der Waals surface area contributed by atoms with Crippen LogP contribution >= 0.6 is 15.6 Å². The summed E-state index contributed by atoms with van der Waals surface area (Å²) in [5.74, 6) is -0.715. The smallest absolute Gasteiger partial charge is 0.411 e. The molecule has 0 aromatic heterocycles. The Hall–Kier alpha value is -2.15. The molecule has 0 fully saturated rings. The van der Waals surface area contributed by atoms with E-state index in [0.29, 0.717) is 0 Å². The molecule has 0 bridgehead atoms. The first-order valence-corrected chi connectivity index (χ1v) is 10.5. The number of carbonyl (C=O) groups is 1. The van der Waals surface area contributed by atoms with Crippen molar-refractivity contribution in [2.24, 2.45) is 0 Å². The highest BCUT2D eigenvalue weighted by Gasteiger charge is 2.40. The fourth-order valence-electron chi connectivity index (χ4n) is 1.62. The maximum Gasteiger partial charge on any atom is 0.536 e. The van der Waals surface area contributed by atoms with Crippen LogP contribution in [0.25, 0.3) is 0 Å². The van der Waals surface area contributed by atoms with Gasteiger partial charge in [-0.05, 0) is 29.5 Å². The summed E-state index contributed by atoms with van der Waals surface area (Å²) in [6.45, 7) is 1.50. The number of phosphoric acid groups is 1. The molecule has 0 saturated heterocycles. The molecule has 2 aromatic carbocycles. The molecule has 0 aliphatic rings. The normalized spacial score (nSPS) is 15.3. The maximum atomic E-state index is 12.8. The van der Waals surface area contributed by atoms with E-state index in [9.17, 15) is 18.8 Å². The molecule has 2 N–H and O–H groups in total. The van der Waals surface area contributed by atoms with Crippen LogP contribution in [0.1, 0.15) is 13.3 Å². The highest BCUT2D eigenvalue weighted by atomic mass is 31.3. The lowest BCUT2D eigenvalue weighted by atomic mass is 10.3. The van der Waals surface area contributed by atoms with Gasteiger partial charge in [-0.2, -0.15) is 4.31 Å².